The van der Waals surface area contributed by atoms with Crippen molar-refractivity contribution in [3.63, 3.8) is 0 Å². The third-order valence-electron chi connectivity index (χ3n) is 3.67. The number of Topliss-reactive ketones (excluding diaryl/α,β-unsaturated/α-hetero) is 1. The maximum atomic E-state index is 12.3. The fourth-order valence-electron chi connectivity index (χ4n) is 2.35. The van der Waals surface area contributed by atoms with E-state index in [1.54, 1.807) is 31.4 Å². The zero-order chi connectivity index (χ0) is 17.8. The van der Waals surface area contributed by atoms with Crippen molar-refractivity contribution in [2.75, 3.05) is 12.9 Å². The van der Waals surface area contributed by atoms with Crippen LogP contribution in [0.1, 0.15) is 10.4 Å². The highest BCUT2D eigenvalue weighted by Crippen LogP contribution is 2.26. The third kappa shape index (κ3) is 3.86. The lowest BCUT2D eigenvalue weighted by Crippen LogP contribution is -2.04. The maximum Gasteiger partial charge on any atom is 0.191 e. The molecule has 0 radical (unpaired) electrons. The molecule has 0 spiro atoms. The molecule has 128 valence electrons. The topological polar surface area (TPSA) is 57.0 Å². The molecule has 7 heteroatoms. The summed E-state index contributed by atoms with van der Waals surface area (Å²) in [4.78, 5) is 12.3. The quantitative estimate of drug-likeness (QED) is 0.480. The second-order valence-corrected chi connectivity index (χ2v) is 6.64. The lowest BCUT2D eigenvalue weighted by molar-refractivity contribution is 0.102. The monoisotopic (exact) mass is 373 g/mol. The summed E-state index contributed by atoms with van der Waals surface area (Å²) in [5, 5.41) is 9.54. The van der Waals surface area contributed by atoms with Crippen LogP contribution in [0.4, 0.5) is 0 Å². The summed E-state index contributed by atoms with van der Waals surface area (Å²) in [5.74, 6) is 1.67. The molecule has 5 nitrogen and oxygen atoms in total. The molecule has 0 saturated carbocycles. The molecule has 0 bridgehead atoms. The van der Waals surface area contributed by atoms with E-state index >= 15 is 0 Å². The highest BCUT2D eigenvalue weighted by molar-refractivity contribution is 7.99. The standard InChI is InChI=1S/C18H16ClN3O2S/c1-22-17(12-6-5-7-13(10-12)24-2)20-21-18(22)25-11-16(23)14-8-3-4-9-15(14)19/h3-10H,11H2,1-2H3. The smallest absolute Gasteiger partial charge is 0.191 e. The van der Waals surface area contributed by atoms with Gasteiger partial charge >= 0.3 is 0 Å². The van der Waals surface area contributed by atoms with Crippen LogP contribution in [0.3, 0.4) is 0 Å². The first-order chi connectivity index (χ1) is 12.1. The van der Waals surface area contributed by atoms with Crippen LogP contribution in [0.5, 0.6) is 5.75 Å². The average Bonchev–Trinajstić information content (AvgIpc) is 3.00. The van der Waals surface area contributed by atoms with Crippen LogP contribution in [0.2, 0.25) is 5.02 Å². The highest BCUT2D eigenvalue weighted by atomic mass is 35.5. The van der Waals surface area contributed by atoms with Crippen molar-refractivity contribution < 1.29 is 9.53 Å². The Hall–Kier alpha value is -2.31. The summed E-state index contributed by atoms with van der Waals surface area (Å²) in [7, 11) is 3.49. The summed E-state index contributed by atoms with van der Waals surface area (Å²) in [6.45, 7) is 0. The van der Waals surface area contributed by atoms with Gasteiger partial charge in [0.25, 0.3) is 0 Å². The Bertz CT molecular complexity index is 911. The van der Waals surface area contributed by atoms with E-state index in [4.69, 9.17) is 16.3 Å². The molecule has 3 rings (SSSR count). The Morgan fingerprint density at radius 3 is 2.76 bits per heavy atom. The van der Waals surface area contributed by atoms with Crippen molar-refractivity contribution in [1.29, 1.82) is 0 Å². The predicted octanol–water partition coefficient (Wildman–Crippen LogP) is 4.12. The minimum absolute atomic E-state index is 0.0402. The number of benzene rings is 2. The van der Waals surface area contributed by atoms with Gasteiger partial charge < -0.3 is 9.30 Å². The maximum absolute atomic E-state index is 12.3. The first-order valence-corrected chi connectivity index (χ1v) is 8.91. The van der Waals surface area contributed by atoms with Crippen LogP contribution in [0.15, 0.2) is 53.7 Å². The first kappa shape index (κ1) is 17.5. The summed E-state index contributed by atoms with van der Waals surface area (Å²) in [6.07, 6.45) is 0. The van der Waals surface area contributed by atoms with E-state index in [1.165, 1.54) is 11.8 Å². The van der Waals surface area contributed by atoms with Gasteiger partial charge in [0.15, 0.2) is 16.8 Å². The lowest BCUT2D eigenvalue weighted by atomic mass is 10.1. The fraction of sp³-hybridized carbons (Fsp3) is 0.167. The fourth-order valence-corrected chi connectivity index (χ4v) is 3.38. The summed E-state index contributed by atoms with van der Waals surface area (Å²) in [5.41, 5.74) is 1.42. The van der Waals surface area contributed by atoms with Crippen LogP contribution in [-0.4, -0.2) is 33.4 Å². The van der Waals surface area contributed by atoms with Crippen molar-refractivity contribution in [2.24, 2.45) is 7.05 Å². The van der Waals surface area contributed by atoms with Gasteiger partial charge in [-0.1, -0.05) is 47.6 Å². The number of carbonyl (C=O) groups excluding carboxylic acids is 1. The van der Waals surface area contributed by atoms with E-state index in [2.05, 4.69) is 10.2 Å². The number of ether oxygens (including phenoxy) is 1. The molecule has 3 aromatic rings. The van der Waals surface area contributed by atoms with Crippen molar-refractivity contribution in [3.05, 3.63) is 59.1 Å². The third-order valence-corrected chi connectivity index (χ3v) is 5.02. The van der Waals surface area contributed by atoms with Crippen molar-refractivity contribution in [2.45, 2.75) is 5.16 Å². The van der Waals surface area contributed by atoms with Gasteiger partial charge in [-0.05, 0) is 24.3 Å². The van der Waals surface area contributed by atoms with Crippen LogP contribution in [-0.2, 0) is 7.05 Å². The number of rotatable bonds is 6. The van der Waals surface area contributed by atoms with Crippen LogP contribution >= 0.6 is 23.4 Å². The van der Waals surface area contributed by atoms with Gasteiger partial charge in [0.1, 0.15) is 5.75 Å². The zero-order valence-electron chi connectivity index (χ0n) is 13.8. The average molecular weight is 374 g/mol. The summed E-state index contributed by atoms with van der Waals surface area (Å²) >= 11 is 7.40. The number of ketones is 1. The van der Waals surface area contributed by atoms with Crippen LogP contribution in [0.25, 0.3) is 11.4 Å². The van der Waals surface area contributed by atoms with E-state index in [0.717, 1.165) is 11.3 Å². The summed E-state index contributed by atoms with van der Waals surface area (Å²) < 4.78 is 7.10. The molecular formula is C18H16ClN3O2S. The Morgan fingerprint density at radius 2 is 2.00 bits per heavy atom. The number of aromatic nitrogens is 3. The van der Waals surface area contributed by atoms with Gasteiger partial charge in [-0.3, -0.25) is 4.79 Å². The van der Waals surface area contributed by atoms with Crippen molar-refractivity contribution >= 4 is 29.1 Å². The number of carbonyl (C=O) groups is 1. The molecule has 0 amide bonds. The van der Waals surface area contributed by atoms with Gasteiger partial charge in [0, 0.05) is 18.2 Å². The SMILES string of the molecule is COc1cccc(-c2nnc(SCC(=O)c3ccccc3Cl)n2C)c1. The van der Waals surface area contributed by atoms with Gasteiger partial charge in [0.05, 0.1) is 17.9 Å². The van der Waals surface area contributed by atoms with E-state index in [-0.39, 0.29) is 11.5 Å². The Labute approximate surface area is 155 Å². The van der Waals surface area contributed by atoms with Crippen LogP contribution < -0.4 is 4.74 Å². The highest BCUT2D eigenvalue weighted by Gasteiger charge is 2.15. The second-order valence-electron chi connectivity index (χ2n) is 5.29. The molecule has 0 aliphatic heterocycles. The molecule has 0 aliphatic carbocycles. The van der Waals surface area contributed by atoms with Gasteiger partial charge in [-0.15, -0.1) is 10.2 Å². The number of halogens is 1. The second kappa shape index (κ2) is 7.72. The molecule has 0 atom stereocenters. The van der Waals surface area contributed by atoms with E-state index < -0.39 is 0 Å². The largest absolute Gasteiger partial charge is 0.497 e. The Balaban J connectivity index is 1.75. The minimum atomic E-state index is -0.0402. The number of hydrogen-bond acceptors (Lipinski definition) is 5. The Kier molecular flexibility index (Phi) is 5.40. The van der Waals surface area contributed by atoms with E-state index in [1.807, 2.05) is 35.9 Å². The molecule has 0 unspecified atom stereocenters. The molecule has 2 aromatic carbocycles. The summed E-state index contributed by atoms with van der Waals surface area (Å²) in [6, 6.07) is 14.6. The van der Waals surface area contributed by atoms with Crippen molar-refractivity contribution in [1.82, 2.24) is 14.8 Å². The van der Waals surface area contributed by atoms with E-state index in [9.17, 15) is 4.79 Å². The zero-order valence-corrected chi connectivity index (χ0v) is 15.3. The number of thioether (sulfide) groups is 1. The first-order valence-electron chi connectivity index (χ1n) is 7.54. The number of nitrogens with zero attached hydrogens (tertiary/aromatic N) is 3. The lowest BCUT2D eigenvalue weighted by Gasteiger charge is -2.06. The molecular weight excluding hydrogens is 358 g/mol. The van der Waals surface area contributed by atoms with Gasteiger partial charge in [-0.25, -0.2) is 0 Å². The molecule has 1 heterocycles. The predicted molar refractivity (Wildman–Crippen MR) is 99.5 cm³/mol. The molecule has 1 aromatic heterocycles. The molecule has 25 heavy (non-hydrogen) atoms. The number of methoxy groups -OCH3 is 1. The minimum Gasteiger partial charge on any atom is -0.497 e. The van der Waals surface area contributed by atoms with Crippen molar-refractivity contribution in [3.8, 4) is 17.1 Å². The van der Waals surface area contributed by atoms with E-state index in [0.29, 0.717) is 21.6 Å². The molecule has 0 aliphatic rings. The number of hydrogen-bond donors (Lipinski definition) is 0. The molecule has 0 fully saturated rings. The van der Waals surface area contributed by atoms with Gasteiger partial charge in [0.2, 0.25) is 0 Å². The van der Waals surface area contributed by atoms with Crippen LogP contribution in [0, 0.1) is 0 Å². The molecule has 0 saturated heterocycles. The van der Waals surface area contributed by atoms with Gasteiger partial charge in [-0.2, -0.15) is 0 Å². The molecule has 0 N–H and O–H groups in total. The normalized spacial score (nSPS) is 10.7. The Morgan fingerprint density at radius 1 is 1.20 bits per heavy atom.